The molecule has 7 heteroatoms. The zero-order chi connectivity index (χ0) is 15.1. The maximum absolute atomic E-state index is 11.9. The first-order valence-corrected chi connectivity index (χ1v) is 6.76. The molecule has 2 rings (SSSR count). The lowest BCUT2D eigenvalue weighted by Gasteiger charge is -2.24. The van der Waals surface area contributed by atoms with Gasteiger partial charge in [-0.15, -0.1) is 0 Å². The van der Waals surface area contributed by atoms with E-state index in [9.17, 15) is 9.59 Å². The number of aryl methyl sites for hydroxylation is 1. The number of aromatic nitrogens is 2. The van der Waals surface area contributed by atoms with Gasteiger partial charge in [-0.25, -0.2) is 9.48 Å². The number of nitrogens with one attached hydrogen (secondary N) is 1. The molecule has 0 bridgehead atoms. The van der Waals surface area contributed by atoms with Gasteiger partial charge in [-0.2, -0.15) is 5.10 Å². The second kappa shape index (κ2) is 4.77. The van der Waals surface area contributed by atoms with Crippen LogP contribution in [-0.2, 0) is 17.3 Å². The van der Waals surface area contributed by atoms with Crippen molar-refractivity contribution in [1.29, 1.82) is 0 Å². The molecule has 1 aromatic heterocycles. The van der Waals surface area contributed by atoms with Gasteiger partial charge in [0.1, 0.15) is 10.6 Å². The third-order valence-corrected chi connectivity index (χ3v) is 3.45. The molecular formula is C13H18ClN3O3. The Kier molecular flexibility index (Phi) is 3.54. The summed E-state index contributed by atoms with van der Waals surface area (Å²) in [7, 11) is 1.53. The molecule has 0 radical (unpaired) electrons. The molecule has 1 fully saturated rings. The summed E-state index contributed by atoms with van der Waals surface area (Å²) in [6.45, 7) is 5.37. The number of hydrogen-bond acceptors (Lipinski definition) is 4. The predicted molar refractivity (Wildman–Crippen MR) is 74.8 cm³/mol. The van der Waals surface area contributed by atoms with Crippen LogP contribution in [0.2, 0.25) is 5.02 Å². The molecule has 6 nitrogen and oxygen atoms in total. The first-order chi connectivity index (χ1) is 9.15. The van der Waals surface area contributed by atoms with Crippen molar-refractivity contribution in [3.8, 4) is 0 Å². The topological polar surface area (TPSA) is 73.2 Å². The lowest BCUT2D eigenvalue weighted by atomic mass is 10.1. The molecule has 0 atom stereocenters. The molecule has 0 spiro atoms. The molecule has 0 unspecified atom stereocenters. The normalized spacial score (nSPS) is 16.6. The second-order valence-corrected chi connectivity index (χ2v) is 6.39. The van der Waals surface area contributed by atoms with Crippen LogP contribution in [0.5, 0.6) is 0 Å². The monoisotopic (exact) mass is 299 g/mol. The first-order valence-electron chi connectivity index (χ1n) is 6.38. The summed E-state index contributed by atoms with van der Waals surface area (Å²) in [5.41, 5.74) is -1.02. The molecule has 0 saturated heterocycles. The lowest BCUT2D eigenvalue weighted by Crippen LogP contribution is -2.40. The number of halogens is 1. The van der Waals surface area contributed by atoms with Gasteiger partial charge in [-0.05, 0) is 33.6 Å². The van der Waals surface area contributed by atoms with Crippen LogP contribution in [0, 0.1) is 0 Å². The molecule has 1 aliphatic carbocycles. The predicted octanol–water partition coefficient (Wildman–Crippen LogP) is 1.95. The quantitative estimate of drug-likeness (QED) is 0.906. The standard InChI is InChI=1S/C13H18ClN3O3/c1-12(2,3)20-11(19)16-13(5-6-13)8-7-15-17(4)10(18)9(8)14/h7H,5-6H2,1-4H3,(H,16,19). The Morgan fingerprint density at radius 1 is 1.50 bits per heavy atom. The average Bonchev–Trinajstić information content (AvgIpc) is 3.03. The maximum Gasteiger partial charge on any atom is 0.408 e. The molecule has 1 N–H and O–H groups in total. The third kappa shape index (κ3) is 2.95. The lowest BCUT2D eigenvalue weighted by molar-refractivity contribution is 0.0495. The Morgan fingerprint density at radius 2 is 2.10 bits per heavy atom. The number of carbonyl (C=O) groups is 1. The smallest absolute Gasteiger partial charge is 0.408 e. The molecule has 1 aromatic rings. The Bertz CT molecular complexity index is 600. The van der Waals surface area contributed by atoms with Crippen LogP contribution in [0.15, 0.2) is 11.0 Å². The molecule has 1 saturated carbocycles. The summed E-state index contributed by atoms with van der Waals surface area (Å²) in [6.07, 6.45) is 2.42. The van der Waals surface area contributed by atoms with Gasteiger partial charge in [0.15, 0.2) is 0 Å². The highest BCUT2D eigenvalue weighted by molar-refractivity contribution is 6.31. The van der Waals surface area contributed by atoms with Gasteiger partial charge < -0.3 is 10.1 Å². The van der Waals surface area contributed by atoms with Crippen LogP contribution >= 0.6 is 11.6 Å². The van der Waals surface area contributed by atoms with Crippen LogP contribution in [0.25, 0.3) is 0 Å². The van der Waals surface area contributed by atoms with E-state index in [2.05, 4.69) is 10.4 Å². The van der Waals surface area contributed by atoms with Gasteiger partial charge in [0.05, 0.1) is 11.7 Å². The molecule has 0 aromatic carbocycles. The van der Waals surface area contributed by atoms with E-state index in [4.69, 9.17) is 16.3 Å². The van der Waals surface area contributed by atoms with E-state index in [-0.39, 0.29) is 10.6 Å². The summed E-state index contributed by atoms with van der Waals surface area (Å²) in [5.74, 6) is 0. The number of nitrogens with zero attached hydrogens (tertiary/aromatic N) is 2. The van der Waals surface area contributed by atoms with Crippen LogP contribution in [0.1, 0.15) is 39.2 Å². The minimum atomic E-state index is -0.625. The van der Waals surface area contributed by atoms with Crippen LogP contribution in [-0.4, -0.2) is 21.5 Å². The van der Waals surface area contributed by atoms with Gasteiger partial charge in [0.25, 0.3) is 5.56 Å². The van der Waals surface area contributed by atoms with E-state index in [1.54, 1.807) is 20.8 Å². The number of hydrogen-bond donors (Lipinski definition) is 1. The van der Waals surface area contributed by atoms with E-state index >= 15 is 0 Å². The summed E-state index contributed by atoms with van der Waals surface area (Å²) < 4.78 is 6.39. The molecule has 0 aliphatic heterocycles. The van der Waals surface area contributed by atoms with Crippen molar-refractivity contribution in [2.45, 2.75) is 44.8 Å². The Labute approximate surface area is 122 Å². The van der Waals surface area contributed by atoms with Crippen molar-refractivity contribution < 1.29 is 9.53 Å². The van der Waals surface area contributed by atoms with Crippen molar-refractivity contribution in [3.63, 3.8) is 0 Å². The van der Waals surface area contributed by atoms with Crippen molar-refractivity contribution >= 4 is 17.7 Å². The summed E-state index contributed by atoms with van der Waals surface area (Å²) in [5, 5.41) is 6.84. The van der Waals surface area contributed by atoms with Crippen LogP contribution < -0.4 is 10.9 Å². The van der Waals surface area contributed by atoms with E-state index in [1.165, 1.54) is 13.2 Å². The van der Waals surface area contributed by atoms with Crippen molar-refractivity contribution in [2.24, 2.45) is 7.05 Å². The average molecular weight is 300 g/mol. The zero-order valence-corrected chi connectivity index (χ0v) is 12.7. The van der Waals surface area contributed by atoms with Crippen molar-refractivity contribution in [1.82, 2.24) is 15.1 Å². The number of ether oxygens (including phenoxy) is 1. The Hall–Kier alpha value is -1.56. The van der Waals surface area contributed by atoms with E-state index in [0.29, 0.717) is 18.4 Å². The molecule has 1 heterocycles. The van der Waals surface area contributed by atoms with Gasteiger partial charge >= 0.3 is 6.09 Å². The highest BCUT2D eigenvalue weighted by Crippen LogP contribution is 2.47. The zero-order valence-electron chi connectivity index (χ0n) is 12.0. The summed E-state index contributed by atoms with van der Waals surface area (Å²) >= 11 is 6.07. The molecule has 1 amide bonds. The molecule has 1 aliphatic rings. The SMILES string of the molecule is Cn1ncc(C2(NC(=O)OC(C)(C)C)CC2)c(Cl)c1=O. The van der Waals surface area contributed by atoms with Crippen LogP contribution in [0.3, 0.4) is 0 Å². The van der Waals surface area contributed by atoms with Crippen molar-refractivity contribution in [3.05, 3.63) is 27.1 Å². The van der Waals surface area contributed by atoms with E-state index < -0.39 is 17.2 Å². The third-order valence-electron chi connectivity index (χ3n) is 3.08. The summed E-state index contributed by atoms with van der Waals surface area (Å²) in [6, 6.07) is 0. The van der Waals surface area contributed by atoms with E-state index in [1.807, 2.05) is 0 Å². The molecule has 20 heavy (non-hydrogen) atoms. The maximum atomic E-state index is 11.9. The minimum absolute atomic E-state index is 0.0936. The number of alkyl carbamates (subject to hydrolysis) is 1. The Balaban J connectivity index is 2.23. The fraction of sp³-hybridized carbons (Fsp3) is 0.615. The van der Waals surface area contributed by atoms with Gasteiger partial charge in [-0.1, -0.05) is 11.6 Å². The van der Waals surface area contributed by atoms with Crippen LogP contribution in [0.4, 0.5) is 4.79 Å². The Morgan fingerprint density at radius 3 is 2.60 bits per heavy atom. The number of rotatable bonds is 2. The first kappa shape index (κ1) is 14.8. The summed E-state index contributed by atoms with van der Waals surface area (Å²) in [4.78, 5) is 23.7. The van der Waals surface area contributed by atoms with E-state index in [0.717, 1.165) is 4.68 Å². The fourth-order valence-corrected chi connectivity index (χ4v) is 2.28. The van der Waals surface area contributed by atoms with Gasteiger partial charge in [0, 0.05) is 12.6 Å². The number of amides is 1. The minimum Gasteiger partial charge on any atom is -0.444 e. The molecule has 110 valence electrons. The fourth-order valence-electron chi connectivity index (χ4n) is 1.93. The van der Waals surface area contributed by atoms with Gasteiger partial charge in [-0.3, -0.25) is 4.79 Å². The number of carbonyl (C=O) groups excluding carboxylic acids is 1. The second-order valence-electron chi connectivity index (χ2n) is 6.01. The van der Waals surface area contributed by atoms with Gasteiger partial charge in [0.2, 0.25) is 0 Å². The van der Waals surface area contributed by atoms with Crippen molar-refractivity contribution in [2.75, 3.05) is 0 Å². The largest absolute Gasteiger partial charge is 0.444 e. The highest BCUT2D eigenvalue weighted by Gasteiger charge is 2.48. The highest BCUT2D eigenvalue weighted by atomic mass is 35.5. The molecular weight excluding hydrogens is 282 g/mol.